The van der Waals surface area contributed by atoms with Crippen molar-refractivity contribution < 1.29 is 19.4 Å². The van der Waals surface area contributed by atoms with E-state index in [2.05, 4.69) is 56.0 Å². The number of benzene rings is 3. The number of carboxylic acids is 1. The second kappa shape index (κ2) is 12.6. The van der Waals surface area contributed by atoms with Gasteiger partial charge in [-0.15, -0.1) is 11.3 Å². The zero-order chi connectivity index (χ0) is 28.2. The van der Waals surface area contributed by atoms with Gasteiger partial charge in [-0.2, -0.15) is 0 Å². The Bertz CT molecular complexity index is 1470. The van der Waals surface area contributed by atoms with E-state index in [1.807, 2.05) is 30.3 Å². The van der Waals surface area contributed by atoms with Gasteiger partial charge in [0.15, 0.2) is 0 Å². The summed E-state index contributed by atoms with van der Waals surface area (Å²) in [6, 6.07) is 20.3. The molecule has 1 aliphatic heterocycles. The van der Waals surface area contributed by atoms with Gasteiger partial charge in [-0.1, -0.05) is 43.6 Å². The molecule has 0 saturated carbocycles. The highest BCUT2D eigenvalue weighted by atomic mass is 35.5. The quantitative estimate of drug-likeness (QED) is 0.191. The van der Waals surface area contributed by atoms with Gasteiger partial charge in [0.1, 0.15) is 29.6 Å². The summed E-state index contributed by atoms with van der Waals surface area (Å²) in [4.78, 5) is 14.9. The predicted molar refractivity (Wildman–Crippen MR) is 164 cm³/mol. The number of hydrogen-bond acceptors (Lipinski definition) is 5. The maximum Gasteiger partial charge on any atom is 0.346 e. The Hall–Kier alpha value is -3.06. The van der Waals surface area contributed by atoms with E-state index in [1.54, 1.807) is 0 Å². The fourth-order valence-electron chi connectivity index (χ4n) is 5.49. The third kappa shape index (κ3) is 6.80. The molecule has 0 amide bonds. The van der Waals surface area contributed by atoms with E-state index in [0.717, 1.165) is 59.6 Å². The molecule has 1 aliphatic rings. The SMILES string of the molecule is Cc1cc(OCCOc2ccc(CN3CCC(c4c(C(=O)O)sc5ccc(Cl)cc45)CC3)cc2)cc(C(C)C)c1. The summed E-state index contributed by atoms with van der Waals surface area (Å²) in [5.74, 6) is 1.57. The van der Waals surface area contributed by atoms with Crippen LogP contribution in [0.25, 0.3) is 10.1 Å². The number of piperidine rings is 1. The normalized spacial score (nSPS) is 14.6. The molecule has 1 N–H and O–H groups in total. The molecule has 210 valence electrons. The van der Waals surface area contributed by atoms with Crippen LogP contribution in [0.3, 0.4) is 0 Å². The molecule has 5 nitrogen and oxygen atoms in total. The lowest BCUT2D eigenvalue weighted by atomic mass is 9.87. The number of fused-ring (bicyclic) bond motifs is 1. The molecule has 3 aromatic carbocycles. The molecular weight excluding hydrogens is 542 g/mol. The van der Waals surface area contributed by atoms with Gasteiger partial charge >= 0.3 is 5.97 Å². The Morgan fingerprint density at radius 2 is 1.70 bits per heavy atom. The maximum absolute atomic E-state index is 12.0. The number of nitrogens with zero attached hydrogens (tertiary/aromatic N) is 1. The van der Waals surface area contributed by atoms with Crippen molar-refractivity contribution in [3.8, 4) is 11.5 Å². The lowest BCUT2D eigenvalue weighted by molar-refractivity contribution is 0.0700. The highest BCUT2D eigenvalue weighted by Crippen LogP contribution is 2.41. The number of thiophene rings is 1. The molecule has 4 aromatic rings. The summed E-state index contributed by atoms with van der Waals surface area (Å²) in [5.41, 5.74) is 4.69. The topological polar surface area (TPSA) is 59.0 Å². The summed E-state index contributed by atoms with van der Waals surface area (Å²) in [6.07, 6.45) is 1.86. The van der Waals surface area contributed by atoms with Crippen LogP contribution in [0.15, 0.2) is 60.7 Å². The van der Waals surface area contributed by atoms with Crippen molar-refractivity contribution in [2.45, 2.75) is 52.0 Å². The van der Waals surface area contributed by atoms with Crippen LogP contribution in [0.4, 0.5) is 0 Å². The number of aryl methyl sites for hydroxylation is 1. The van der Waals surface area contributed by atoms with E-state index in [0.29, 0.717) is 29.0 Å². The number of likely N-dealkylation sites (tertiary alicyclic amines) is 1. The van der Waals surface area contributed by atoms with Crippen molar-refractivity contribution in [1.29, 1.82) is 0 Å². The second-order valence-electron chi connectivity index (χ2n) is 10.9. The molecule has 0 atom stereocenters. The van der Waals surface area contributed by atoms with Crippen molar-refractivity contribution >= 4 is 39.0 Å². The number of hydrogen-bond donors (Lipinski definition) is 1. The monoisotopic (exact) mass is 577 g/mol. The van der Waals surface area contributed by atoms with Crippen LogP contribution in [0.1, 0.15) is 70.5 Å². The van der Waals surface area contributed by atoms with Gasteiger partial charge in [-0.25, -0.2) is 4.79 Å². The van der Waals surface area contributed by atoms with E-state index < -0.39 is 5.97 Å². The van der Waals surface area contributed by atoms with Gasteiger partial charge in [0, 0.05) is 16.3 Å². The van der Waals surface area contributed by atoms with E-state index >= 15 is 0 Å². The first-order valence-corrected chi connectivity index (χ1v) is 15.1. The molecule has 0 spiro atoms. The van der Waals surface area contributed by atoms with Crippen molar-refractivity contribution in [2.24, 2.45) is 0 Å². The zero-order valence-electron chi connectivity index (χ0n) is 23.3. The molecule has 1 aromatic heterocycles. The van der Waals surface area contributed by atoms with Crippen LogP contribution in [0.5, 0.6) is 11.5 Å². The molecule has 2 heterocycles. The Morgan fingerprint density at radius 1 is 1.00 bits per heavy atom. The van der Waals surface area contributed by atoms with Crippen LogP contribution < -0.4 is 9.47 Å². The lowest BCUT2D eigenvalue weighted by Crippen LogP contribution is -2.32. The average Bonchev–Trinajstić information content (AvgIpc) is 3.31. The predicted octanol–water partition coefficient (Wildman–Crippen LogP) is 8.52. The fraction of sp³-hybridized carbons (Fsp3) is 0.364. The molecule has 7 heteroatoms. The molecule has 0 radical (unpaired) electrons. The van der Waals surface area contributed by atoms with Crippen LogP contribution in [-0.2, 0) is 6.54 Å². The summed E-state index contributed by atoms with van der Waals surface area (Å²) in [6.45, 7) is 10.2. The summed E-state index contributed by atoms with van der Waals surface area (Å²) < 4.78 is 12.8. The largest absolute Gasteiger partial charge is 0.490 e. The van der Waals surface area contributed by atoms with Crippen molar-refractivity contribution in [1.82, 2.24) is 4.90 Å². The fourth-order valence-corrected chi connectivity index (χ4v) is 6.78. The van der Waals surface area contributed by atoms with Gasteiger partial charge in [0.25, 0.3) is 0 Å². The average molecular weight is 578 g/mol. The molecule has 1 saturated heterocycles. The number of ether oxygens (including phenoxy) is 2. The maximum atomic E-state index is 12.0. The lowest BCUT2D eigenvalue weighted by Gasteiger charge is -2.32. The minimum Gasteiger partial charge on any atom is -0.490 e. The number of carboxylic acid groups (broad SMARTS) is 1. The van der Waals surface area contributed by atoms with Crippen LogP contribution in [0, 0.1) is 6.92 Å². The van der Waals surface area contributed by atoms with E-state index in [4.69, 9.17) is 21.1 Å². The summed E-state index contributed by atoms with van der Waals surface area (Å²) >= 11 is 7.61. The highest BCUT2D eigenvalue weighted by Gasteiger charge is 2.28. The van der Waals surface area contributed by atoms with Crippen molar-refractivity contribution in [3.63, 3.8) is 0 Å². The number of carbonyl (C=O) groups is 1. The standard InChI is InChI=1S/C33H36ClNO4S/c1-21(2)25-16-22(3)17-28(18-25)39-15-14-38-27-7-4-23(5-8-27)20-35-12-10-24(11-13-35)31-29-19-26(34)6-9-30(29)40-32(31)33(36)37/h4-9,16-19,21,24H,10-15,20H2,1-3H3,(H,36,37). The Balaban J connectivity index is 1.11. The van der Waals surface area contributed by atoms with E-state index in [-0.39, 0.29) is 5.92 Å². The Labute approximate surface area is 245 Å². The van der Waals surface area contributed by atoms with E-state index in [9.17, 15) is 9.90 Å². The molecule has 0 bridgehead atoms. The van der Waals surface area contributed by atoms with Gasteiger partial charge in [-0.05, 0) is 115 Å². The highest BCUT2D eigenvalue weighted by molar-refractivity contribution is 7.21. The molecule has 5 rings (SSSR count). The number of halogens is 1. The molecular formula is C33H36ClNO4S. The Kier molecular flexibility index (Phi) is 8.99. The van der Waals surface area contributed by atoms with Crippen LogP contribution >= 0.6 is 22.9 Å². The van der Waals surface area contributed by atoms with Crippen molar-refractivity contribution in [3.05, 3.63) is 92.8 Å². The van der Waals surface area contributed by atoms with E-state index in [1.165, 1.54) is 28.0 Å². The van der Waals surface area contributed by atoms with Gasteiger partial charge in [0.05, 0.1) is 0 Å². The third-order valence-electron chi connectivity index (χ3n) is 7.57. The molecule has 1 fully saturated rings. The first-order chi connectivity index (χ1) is 19.3. The third-order valence-corrected chi connectivity index (χ3v) is 8.98. The van der Waals surface area contributed by atoms with Gasteiger partial charge < -0.3 is 14.6 Å². The molecule has 0 aliphatic carbocycles. The molecule has 0 unspecified atom stereocenters. The van der Waals surface area contributed by atoms with Gasteiger partial charge in [-0.3, -0.25) is 4.90 Å². The summed E-state index contributed by atoms with van der Waals surface area (Å²) in [7, 11) is 0. The number of aromatic carboxylic acids is 1. The minimum atomic E-state index is -0.848. The van der Waals surface area contributed by atoms with Gasteiger partial charge in [0.2, 0.25) is 0 Å². The first-order valence-electron chi connectivity index (χ1n) is 13.9. The Morgan fingerprint density at radius 3 is 2.38 bits per heavy atom. The number of rotatable bonds is 10. The van der Waals surface area contributed by atoms with Crippen LogP contribution in [0.2, 0.25) is 5.02 Å². The first kappa shape index (κ1) is 28.5. The second-order valence-corrected chi connectivity index (χ2v) is 12.4. The van der Waals surface area contributed by atoms with Crippen molar-refractivity contribution in [2.75, 3.05) is 26.3 Å². The van der Waals surface area contributed by atoms with Crippen LogP contribution in [-0.4, -0.2) is 42.3 Å². The molecule has 40 heavy (non-hydrogen) atoms. The smallest absolute Gasteiger partial charge is 0.346 e. The summed E-state index contributed by atoms with van der Waals surface area (Å²) in [5, 5.41) is 11.5. The minimum absolute atomic E-state index is 0.226. The zero-order valence-corrected chi connectivity index (χ0v) is 24.9.